The minimum absolute atomic E-state index is 0.0699. The van der Waals surface area contributed by atoms with E-state index in [4.69, 9.17) is 0 Å². The molecule has 3 N–H and O–H groups in total. The van der Waals surface area contributed by atoms with Crippen LogP contribution in [0.1, 0.15) is 74.6 Å². The van der Waals surface area contributed by atoms with Crippen LogP contribution < -0.4 is 10.6 Å². The lowest BCUT2D eigenvalue weighted by atomic mass is 9.91. The van der Waals surface area contributed by atoms with Crippen molar-refractivity contribution in [2.75, 3.05) is 39.3 Å². The predicted molar refractivity (Wildman–Crippen MR) is 138 cm³/mol. The van der Waals surface area contributed by atoms with Gasteiger partial charge in [0, 0.05) is 70.0 Å². The van der Waals surface area contributed by atoms with Crippen LogP contribution in [0.4, 0.5) is 0 Å². The molecular formula is C26H42N6O5. The van der Waals surface area contributed by atoms with Crippen molar-refractivity contribution in [3.63, 3.8) is 0 Å². The summed E-state index contributed by atoms with van der Waals surface area (Å²) >= 11 is 0. The standard InChI is InChI=1S/C26H42N6O5/c1-18(2)9-13-32-22-8-7-20-16-21(22)25(29-32)26(37)27-10-14-30(19(3)34)11-4-6-24(36)31(12-5-15-33)17-23(35)28-20/h18,20,33H,4-17H2,1-3H3,(H,27,37)(H,28,35). The Morgan fingerprint density at radius 3 is 2.65 bits per heavy atom. The van der Waals surface area contributed by atoms with E-state index in [9.17, 15) is 24.3 Å². The zero-order chi connectivity index (χ0) is 26.9. The molecular weight excluding hydrogens is 476 g/mol. The summed E-state index contributed by atoms with van der Waals surface area (Å²) in [5.74, 6) is -0.337. The molecule has 0 fully saturated rings. The SMILES string of the molecule is CC(=O)N1CCCC(=O)N(CCCO)CC(=O)NC2CCc3c(c(nn3CCC(C)C)C(=O)NCC1)C2. The van der Waals surface area contributed by atoms with Crippen LogP contribution in [0.5, 0.6) is 0 Å². The lowest BCUT2D eigenvalue weighted by Crippen LogP contribution is -2.46. The second-order valence-corrected chi connectivity index (χ2v) is 10.4. The maximum absolute atomic E-state index is 13.2. The number of hydrogen-bond donors (Lipinski definition) is 3. The highest BCUT2D eigenvalue weighted by molar-refractivity contribution is 5.94. The van der Waals surface area contributed by atoms with Gasteiger partial charge in [-0.05, 0) is 44.4 Å². The molecule has 0 radical (unpaired) electrons. The summed E-state index contributed by atoms with van der Waals surface area (Å²) in [6.45, 7) is 7.63. The summed E-state index contributed by atoms with van der Waals surface area (Å²) in [4.78, 5) is 54.2. The van der Waals surface area contributed by atoms with Gasteiger partial charge >= 0.3 is 0 Å². The molecule has 206 valence electrons. The number of carbonyl (C=O) groups excluding carboxylic acids is 4. The van der Waals surface area contributed by atoms with Gasteiger partial charge in [-0.2, -0.15) is 5.10 Å². The summed E-state index contributed by atoms with van der Waals surface area (Å²) in [5.41, 5.74) is 2.29. The van der Waals surface area contributed by atoms with Crippen molar-refractivity contribution in [3.05, 3.63) is 17.0 Å². The van der Waals surface area contributed by atoms with Crippen LogP contribution >= 0.6 is 0 Å². The number of rotatable bonds is 6. The third kappa shape index (κ3) is 8.02. The normalized spacial score (nSPS) is 20.0. The van der Waals surface area contributed by atoms with E-state index in [-0.39, 0.29) is 55.8 Å². The van der Waals surface area contributed by atoms with Gasteiger partial charge in [0.15, 0.2) is 5.69 Å². The lowest BCUT2D eigenvalue weighted by molar-refractivity contribution is -0.137. The van der Waals surface area contributed by atoms with Crippen molar-refractivity contribution < 1.29 is 24.3 Å². The fraction of sp³-hybridized carbons (Fsp3) is 0.731. The van der Waals surface area contributed by atoms with Gasteiger partial charge < -0.3 is 25.5 Å². The molecule has 4 amide bonds. The van der Waals surface area contributed by atoms with Crippen molar-refractivity contribution in [2.45, 2.75) is 78.3 Å². The predicted octanol–water partition coefficient (Wildman–Crippen LogP) is 0.486. The van der Waals surface area contributed by atoms with E-state index in [2.05, 4.69) is 29.6 Å². The number of aromatic nitrogens is 2. The zero-order valence-electron chi connectivity index (χ0n) is 22.4. The number of aliphatic hydroxyl groups excluding tert-OH is 1. The van der Waals surface area contributed by atoms with Gasteiger partial charge in [0.05, 0.1) is 6.54 Å². The molecule has 37 heavy (non-hydrogen) atoms. The molecule has 11 nitrogen and oxygen atoms in total. The monoisotopic (exact) mass is 518 g/mol. The first-order valence-corrected chi connectivity index (χ1v) is 13.5. The number of aliphatic hydroxyl groups is 1. The molecule has 2 heterocycles. The van der Waals surface area contributed by atoms with Crippen LogP contribution in [0.2, 0.25) is 0 Å². The Morgan fingerprint density at radius 1 is 1.16 bits per heavy atom. The molecule has 0 spiro atoms. The summed E-state index contributed by atoms with van der Waals surface area (Å²) < 4.78 is 1.94. The average Bonchev–Trinajstić information content (AvgIpc) is 3.21. The molecule has 11 heteroatoms. The summed E-state index contributed by atoms with van der Waals surface area (Å²) in [7, 11) is 0. The Morgan fingerprint density at radius 2 is 1.95 bits per heavy atom. The number of carbonyl (C=O) groups is 4. The van der Waals surface area contributed by atoms with Gasteiger partial charge in [-0.1, -0.05) is 13.8 Å². The minimum atomic E-state index is -0.273. The number of nitrogens with one attached hydrogen (secondary N) is 2. The molecule has 1 aliphatic carbocycles. The molecule has 0 saturated carbocycles. The molecule has 1 aromatic heterocycles. The smallest absolute Gasteiger partial charge is 0.272 e. The molecule has 2 bridgehead atoms. The summed E-state index contributed by atoms with van der Waals surface area (Å²) in [5, 5.41) is 19.9. The first-order chi connectivity index (χ1) is 17.7. The van der Waals surface area contributed by atoms with Gasteiger partial charge in [0.2, 0.25) is 17.7 Å². The third-order valence-corrected chi connectivity index (χ3v) is 7.05. The van der Waals surface area contributed by atoms with Crippen LogP contribution in [0.25, 0.3) is 0 Å². The van der Waals surface area contributed by atoms with Crippen LogP contribution in [-0.2, 0) is 33.8 Å². The molecule has 1 aliphatic heterocycles. The molecule has 2 aliphatic rings. The Balaban J connectivity index is 1.86. The number of aryl methyl sites for hydroxylation is 1. The average molecular weight is 519 g/mol. The summed E-state index contributed by atoms with van der Waals surface area (Å²) in [6, 6.07) is -0.159. The van der Waals surface area contributed by atoms with E-state index in [1.54, 1.807) is 4.90 Å². The maximum atomic E-state index is 13.2. The quantitative estimate of drug-likeness (QED) is 0.501. The topological polar surface area (TPSA) is 137 Å². The molecule has 0 aromatic carbocycles. The second-order valence-electron chi connectivity index (χ2n) is 10.4. The van der Waals surface area contributed by atoms with E-state index < -0.39 is 0 Å². The van der Waals surface area contributed by atoms with Crippen LogP contribution in [0, 0.1) is 5.92 Å². The first-order valence-electron chi connectivity index (χ1n) is 13.5. The number of fused-ring (bicyclic) bond motifs is 1. The van der Waals surface area contributed by atoms with Crippen LogP contribution in [0.3, 0.4) is 0 Å². The van der Waals surface area contributed by atoms with Crippen molar-refractivity contribution in [1.82, 2.24) is 30.2 Å². The van der Waals surface area contributed by atoms with Crippen molar-refractivity contribution in [1.29, 1.82) is 0 Å². The van der Waals surface area contributed by atoms with Gasteiger partial charge in [-0.15, -0.1) is 0 Å². The summed E-state index contributed by atoms with van der Waals surface area (Å²) in [6.07, 6.45) is 3.89. The van der Waals surface area contributed by atoms with Crippen molar-refractivity contribution in [3.8, 4) is 0 Å². The highest BCUT2D eigenvalue weighted by Gasteiger charge is 2.30. The van der Waals surface area contributed by atoms with Gasteiger partial charge in [-0.25, -0.2) is 0 Å². The van der Waals surface area contributed by atoms with Gasteiger partial charge in [0.1, 0.15) is 0 Å². The van der Waals surface area contributed by atoms with Crippen molar-refractivity contribution in [2.24, 2.45) is 5.92 Å². The van der Waals surface area contributed by atoms with E-state index >= 15 is 0 Å². The Hall–Kier alpha value is -2.95. The van der Waals surface area contributed by atoms with E-state index in [0.717, 1.165) is 30.6 Å². The minimum Gasteiger partial charge on any atom is -0.396 e. The van der Waals surface area contributed by atoms with E-state index in [0.29, 0.717) is 56.9 Å². The lowest BCUT2D eigenvalue weighted by Gasteiger charge is -2.27. The van der Waals surface area contributed by atoms with Crippen LogP contribution in [0.15, 0.2) is 0 Å². The Kier molecular flexibility index (Phi) is 10.5. The largest absolute Gasteiger partial charge is 0.396 e. The molecule has 0 saturated heterocycles. The highest BCUT2D eigenvalue weighted by Crippen LogP contribution is 2.26. The number of hydrogen-bond acceptors (Lipinski definition) is 6. The zero-order valence-corrected chi connectivity index (χ0v) is 22.4. The van der Waals surface area contributed by atoms with Gasteiger partial charge in [-0.3, -0.25) is 23.9 Å². The third-order valence-electron chi connectivity index (χ3n) is 7.05. The Labute approximate surface area is 218 Å². The van der Waals surface area contributed by atoms with Crippen molar-refractivity contribution >= 4 is 23.6 Å². The first kappa shape index (κ1) is 28.6. The molecule has 1 unspecified atom stereocenters. The molecule has 1 aromatic rings. The van der Waals surface area contributed by atoms with Gasteiger partial charge in [0.25, 0.3) is 5.91 Å². The highest BCUT2D eigenvalue weighted by atomic mass is 16.3. The fourth-order valence-electron chi connectivity index (χ4n) is 4.95. The maximum Gasteiger partial charge on any atom is 0.272 e. The number of amides is 4. The van der Waals surface area contributed by atoms with E-state index in [1.807, 2.05) is 4.68 Å². The molecule has 1 atom stereocenters. The second kappa shape index (κ2) is 13.6. The molecule has 3 rings (SSSR count). The fourth-order valence-corrected chi connectivity index (χ4v) is 4.95. The Bertz CT molecular complexity index is 975. The van der Waals surface area contributed by atoms with E-state index in [1.165, 1.54) is 11.8 Å². The van der Waals surface area contributed by atoms with Crippen LogP contribution in [-0.4, -0.2) is 93.7 Å². The number of nitrogens with zero attached hydrogens (tertiary/aromatic N) is 4.